The summed E-state index contributed by atoms with van der Waals surface area (Å²) in [5.41, 5.74) is 0. The highest BCUT2D eigenvalue weighted by Crippen LogP contribution is 2.18. The Kier molecular flexibility index (Phi) is 4.34. The Labute approximate surface area is 86.5 Å². The molecule has 2 N–H and O–H groups in total. The largest absolute Gasteiger partial charge is 0.316 e. The zero-order chi connectivity index (χ0) is 10.6. The third-order valence-corrected chi connectivity index (χ3v) is 4.30. The van der Waals surface area contributed by atoms with E-state index in [0.29, 0.717) is 18.4 Å². The minimum atomic E-state index is -3.00. The lowest BCUT2D eigenvalue weighted by Gasteiger charge is -2.13. The predicted octanol–water partition coefficient (Wildman–Crippen LogP) is 0.171. The minimum absolute atomic E-state index is 0.172. The van der Waals surface area contributed by atoms with Gasteiger partial charge in [-0.25, -0.2) is 13.1 Å². The van der Waals surface area contributed by atoms with Crippen molar-refractivity contribution >= 4 is 10.0 Å². The van der Waals surface area contributed by atoms with Gasteiger partial charge < -0.3 is 5.32 Å². The van der Waals surface area contributed by atoms with E-state index in [9.17, 15) is 8.42 Å². The molecule has 1 fully saturated rings. The smallest absolute Gasteiger partial charge is 0.211 e. The van der Waals surface area contributed by atoms with Gasteiger partial charge in [-0.1, -0.05) is 6.92 Å². The van der Waals surface area contributed by atoms with Crippen LogP contribution in [-0.2, 0) is 10.0 Å². The second-order valence-corrected chi connectivity index (χ2v) is 6.08. The summed E-state index contributed by atoms with van der Waals surface area (Å²) < 4.78 is 24.9. The first-order valence-electron chi connectivity index (χ1n) is 5.23. The highest BCUT2D eigenvalue weighted by molar-refractivity contribution is 7.89. The van der Waals surface area contributed by atoms with Crippen LogP contribution in [0, 0.1) is 11.8 Å². The second-order valence-electron chi connectivity index (χ2n) is 3.98. The summed E-state index contributed by atoms with van der Waals surface area (Å²) in [5.74, 6) is 1.46. The van der Waals surface area contributed by atoms with Crippen LogP contribution in [0.2, 0.25) is 0 Å². The van der Waals surface area contributed by atoms with Gasteiger partial charge >= 0.3 is 0 Å². The van der Waals surface area contributed by atoms with E-state index in [0.717, 1.165) is 19.5 Å². The molecule has 0 aromatic carbocycles. The Bertz CT molecular complexity index is 264. The normalized spacial score (nSPS) is 28.1. The number of hydrogen-bond acceptors (Lipinski definition) is 3. The summed E-state index contributed by atoms with van der Waals surface area (Å²) in [4.78, 5) is 0. The van der Waals surface area contributed by atoms with Gasteiger partial charge in [-0.3, -0.25) is 0 Å². The zero-order valence-electron chi connectivity index (χ0n) is 8.91. The van der Waals surface area contributed by atoms with Gasteiger partial charge in [0.25, 0.3) is 0 Å². The van der Waals surface area contributed by atoms with Crippen LogP contribution in [-0.4, -0.2) is 33.8 Å². The molecule has 0 aliphatic carbocycles. The molecule has 1 aliphatic heterocycles. The molecular weight excluding hydrogens is 200 g/mol. The average Bonchev–Trinajstić information content (AvgIpc) is 2.52. The van der Waals surface area contributed by atoms with Gasteiger partial charge in [-0.2, -0.15) is 0 Å². The summed E-state index contributed by atoms with van der Waals surface area (Å²) in [5, 5.41) is 3.31. The van der Waals surface area contributed by atoms with Crippen LogP contribution >= 0.6 is 0 Å². The van der Waals surface area contributed by atoms with Crippen LogP contribution in [0.25, 0.3) is 0 Å². The minimum Gasteiger partial charge on any atom is -0.316 e. The van der Waals surface area contributed by atoms with E-state index >= 15 is 0 Å². The Morgan fingerprint density at radius 1 is 1.43 bits per heavy atom. The molecule has 1 heterocycles. The molecule has 0 bridgehead atoms. The highest BCUT2D eigenvalue weighted by atomic mass is 32.2. The molecule has 0 amide bonds. The Hall–Kier alpha value is -0.130. The number of nitrogens with one attached hydrogen (secondary N) is 2. The molecule has 0 saturated carbocycles. The molecule has 0 radical (unpaired) electrons. The lowest BCUT2D eigenvalue weighted by molar-refractivity contribution is 0.421. The van der Waals surface area contributed by atoms with Gasteiger partial charge in [0, 0.05) is 6.54 Å². The van der Waals surface area contributed by atoms with Crippen LogP contribution in [0.4, 0.5) is 0 Å². The van der Waals surface area contributed by atoms with Crippen molar-refractivity contribution in [1.29, 1.82) is 0 Å². The Morgan fingerprint density at radius 2 is 2.14 bits per heavy atom. The topological polar surface area (TPSA) is 58.2 Å². The van der Waals surface area contributed by atoms with Crippen molar-refractivity contribution in [3.63, 3.8) is 0 Å². The fraction of sp³-hybridized carbons (Fsp3) is 1.00. The third-order valence-electron chi connectivity index (χ3n) is 2.89. The van der Waals surface area contributed by atoms with E-state index in [1.165, 1.54) is 0 Å². The van der Waals surface area contributed by atoms with Crippen LogP contribution in [0.3, 0.4) is 0 Å². The molecule has 0 aromatic heterocycles. The van der Waals surface area contributed by atoms with Gasteiger partial charge in [0.1, 0.15) is 0 Å². The van der Waals surface area contributed by atoms with Gasteiger partial charge in [0.05, 0.1) is 5.75 Å². The van der Waals surface area contributed by atoms with Crippen molar-refractivity contribution in [2.75, 3.05) is 25.4 Å². The lowest BCUT2D eigenvalue weighted by Crippen LogP contribution is -2.28. The molecule has 84 valence electrons. The van der Waals surface area contributed by atoms with E-state index in [1.807, 2.05) is 0 Å². The number of rotatable bonds is 5. The highest BCUT2D eigenvalue weighted by Gasteiger charge is 2.22. The Balaban J connectivity index is 2.21. The first-order valence-corrected chi connectivity index (χ1v) is 6.88. The van der Waals surface area contributed by atoms with E-state index in [2.05, 4.69) is 17.0 Å². The molecule has 1 aliphatic rings. The van der Waals surface area contributed by atoms with Crippen molar-refractivity contribution < 1.29 is 8.42 Å². The van der Waals surface area contributed by atoms with Crippen LogP contribution in [0.15, 0.2) is 0 Å². The van der Waals surface area contributed by atoms with E-state index in [-0.39, 0.29) is 5.75 Å². The van der Waals surface area contributed by atoms with Gasteiger partial charge in [0.15, 0.2) is 0 Å². The summed E-state index contributed by atoms with van der Waals surface area (Å²) in [6.07, 6.45) is 0.938. The molecule has 2 atom stereocenters. The summed E-state index contributed by atoms with van der Waals surface area (Å²) in [6, 6.07) is 0. The van der Waals surface area contributed by atoms with Crippen LogP contribution in [0.1, 0.15) is 20.3 Å². The maximum absolute atomic E-state index is 11.1. The lowest BCUT2D eigenvalue weighted by atomic mass is 9.95. The van der Waals surface area contributed by atoms with Gasteiger partial charge in [-0.15, -0.1) is 0 Å². The standard InChI is InChI=1S/C9H20N2O2S/c1-3-14(12,13)11-5-4-9-7-10-6-8(9)2/h8-11H,3-7H2,1-2H3/t8-,9-/m1/s1. The van der Waals surface area contributed by atoms with Gasteiger partial charge in [0.2, 0.25) is 10.0 Å². The quantitative estimate of drug-likeness (QED) is 0.694. The molecule has 0 aromatic rings. The average molecular weight is 220 g/mol. The molecule has 5 heteroatoms. The van der Waals surface area contributed by atoms with E-state index in [1.54, 1.807) is 6.92 Å². The number of hydrogen-bond donors (Lipinski definition) is 2. The maximum Gasteiger partial charge on any atom is 0.211 e. The Morgan fingerprint density at radius 3 is 2.64 bits per heavy atom. The van der Waals surface area contributed by atoms with Crippen LogP contribution < -0.4 is 10.0 Å². The van der Waals surface area contributed by atoms with Crippen LogP contribution in [0.5, 0.6) is 0 Å². The van der Waals surface area contributed by atoms with Crippen molar-refractivity contribution in [3.8, 4) is 0 Å². The van der Waals surface area contributed by atoms with Crippen molar-refractivity contribution in [1.82, 2.24) is 10.0 Å². The summed E-state index contributed by atoms with van der Waals surface area (Å²) in [6.45, 7) is 6.52. The first-order chi connectivity index (χ1) is 6.55. The van der Waals surface area contributed by atoms with Crippen molar-refractivity contribution in [3.05, 3.63) is 0 Å². The third kappa shape index (κ3) is 3.55. The molecule has 1 rings (SSSR count). The molecular formula is C9H20N2O2S. The zero-order valence-corrected chi connectivity index (χ0v) is 9.73. The van der Waals surface area contributed by atoms with Crippen molar-refractivity contribution in [2.45, 2.75) is 20.3 Å². The predicted molar refractivity (Wildman–Crippen MR) is 57.6 cm³/mol. The SMILES string of the molecule is CCS(=O)(=O)NCC[C@@H]1CNC[C@H]1C. The van der Waals surface area contributed by atoms with E-state index < -0.39 is 10.0 Å². The van der Waals surface area contributed by atoms with Gasteiger partial charge in [-0.05, 0) is 38.3 Å². The monoisotopic (exact) mass is 220 g/mol. The van der Waals surface area contributed by atoms with E-state index in [4.69, 9.17) is 0 Å². The maximum atomic E-state index is 11.1. The second kappa shape index (κ2) is 5.09. The first kappa shape index (κ1) is 11.9. The molecule has 0 unspecified atom stereocenters. The molecule has 4 nitrogen and oxygen atoms in total. The fourth-order valence-electron chi connectivity index (χ4n) is 1.75. The summed E-state index contributed by atoms with van der Waals surface area (Å²) in [7, 11) is -3.00. The molecule has 14 heavy (non-hydrogen) atoms. The molecule has 1 saturated heterocycles. The number of sulfonamides is 1. The van der Waals surface area contributed by atoms with Crippen molar-refractivity contribution in [2.24, 2.45) is 11.8 Å². The molecule has 0 spiro atoms. The fourth-order valence-corrected chi connectivity index (χ4v) is 2.39. The summed E-state index contributed by atoms with van der Waals surface area (Å²) >= 11 is 0.